The standard InChI is InChI=1S/C22H21FN4O/c1-13-11-18-19(12-14(13)2)27(10-6-8-16-7-4-5-9-17(16)23)21-20(26-18)22(28)25-15(3)24-21/h4-5,7,9,11-12H,3,6,8,10H2,1-2H3,(H,25,28). The molecule has 0 saturated heterocycles. The number of benzene rings is 2. The summed E-state index contributed by atoms with van der Waals surface area (Å²) in [6.45, 7) is 8.41. The highest BCUT2D eigenvalue weighted by atomic mass is 19.1. The molecule has 1 aromatic heterocycles. The second-order valence-electron chi connectivity index (χ2n) is 7.07. The molecule has 0 unspecified atom stereocenters. The van der Waals surface area contributed by atoms with E-state index in [1.807, 2.05) is 30.9 Å². The number of nitrogens with one attached hydrogen (secondary N) is 1. The summed E-state index contributed by atoms with van der Waals surface area (Å²) in [7, 11) is 0. The van der Waals surface area contributed by atoms with Crippen molar-refractivity contribution < 1.29 is 4.39 Å². The van der Waals surface area contributed by atoms with Crippen LogP contribution in [0.2, 0.25) is 0 Å². The SMILES string of the molecule is C=c1nc2c(c(=O)[nH]1)=Nc1cc(C)c(C)cc1N2CCCc1ccccc1F. The van der Waals surface area contributed by atoms with Crippen molar-refractivity contribution in [2.24, 2.45) is 4.99 Å². The normalized spacial score (nSPS) is 12.3. The van der Waals surface area contributed by atoms with Crippen molar-refractivity contribution in [2.45, 2.75) is 26.7 Å². The van der Waals surface area contributed by atoms with Crippen molar-refractivity contribution in [2.75, 3.05) is 11.4 Å². The van der Waals surface area contributed by atoms with Gasteiger partial charge in [-0.15, -0.1) is 0 Å². The summed E-state index contributed by atoms with van der Waals surface area (Å²) in [5.41, 5.74) is 4.56. The molecule has 2 heterocycles. The van der Waals surface area contributed by atoms with Crippen LogP contribution in [0, 0.1) is 19.7 Å². The van der Waals surface area contributed by atoms with Crippen molar-refractivity contribution in [1.29, 1.82) is 0 Å². The Bertz CT molecular complexity index is 1230. The summed E-state index contributed by atoms with van der Waals surface area (Å²) < 4.78 is 13.9. The van der Waals surface area contributed by atoms with Crippen LogP contribution in [-0.2, 0) is 6.42 Å². The summed E-state index contributed by atoms with van der Waals surface area (Å²) in [5, 5.41) is 0.286. The number of H-pyrrole nitrogens is 1. The van der Waals surface area contributed by atoms with Gasteiger partial charge in [-0.2, -0.15) is 0 Å². The van der Waals surface area contributed by atoms with Gasteiger partial charge in [0, 0.05) is 6.54 Å². The highest BCUT2D eigenvalue weighted by Crippen LogP contribution is 2.36. The van der Waals surface area contributed by atoms with Gasteiger partial charge in [0.05, 0.1) is 11.4 Å². The Morgan fingerprint density at radius 2 is 1.93 bits per heavy atom. The maximum Gasteiger partial charge on any atom is 0.279 e. The number of aryl methyl sites for hydroxylation is 3. The minimum Gasteiger partial charge on any atom is -0.322 e. The quantitative estimate of drug-likeness (QED) is 0.762. The van der Waals surface area contributed by atoms with Gasteiger partial charge in [-0.1, -0.05) is 24.8 Å². The van der Waals surface area contributed by atoms with Crippen LogP contribution in [0.1, 0.15) is 23.1 Å². The number of anilines is 2. The molecule has 0 saturated carbocycles. The summed E-state index contributed by atoms with van der Waals surface area (Å²) in [6.07, 6.45) is 1.30. The average molecular weight is 376 g/mol. The maximum absolute atomic E-state index is 13.9. The van der Waals surface area contributed by atoms with Crippen molar-refractivity contribution in [3.63, 3.8) is 0 Å². The highest BCUT2D eigenvalue weighted by Gasteiger charge is 2.23. The molecule has 0 bridgehead atoms. The number of rotatable bonds is 4. The Kier molecular flexibility index (Phi) is 4.55. The third-order valence-electron chi connectivity index (χ3n) is 5.08. The molecule has 1 aliphatic rings. The lowest BCUT2D eigenvalue weighted by Gasteiger charge is -2.28. The van der Waals surface area contributed by atoms with Crippen LogP contribution in [0.15, 0.2) is 46.2 Å². The lowest BCUT2D eigenvalue weighted by atomic mass is 10.0. The van der Waals surface area contributed by atoms with Crippen LogP contribution in [-0.4, -0.2) is 16.5 Å². The Morgan fingerprint density at radius 1 is 1.18 bits per heavy atom. The molecule has 0 fully saturated rings. The molecule has 2 aromatic carbocycles. The van der Waals surface area contributed by atoms with E-state index in [2.05, 4.69) is 27.6 Å². The monoisotopic (exact) mass is 376 g/mol. The molecule has 0 radical (unpaired) electrons. The summed E-state index contributed by atoms with van der Waals surface area (Å²) in [6, 6.07) is 10.8. The first-order chi connectivity index (χ1) is 13.4. The predicted molar refractivity (Wildman–Crippen MR) is 108 cm³/mol. The van der Waals surface area contributed by atoms with Gasteiger partial charge >= 0.3 is 0 Å². The zero-order valence-electron chi connectivity index (χ0n) is 15.9. The van der Waals surface area contributed by atoms with E-state index in [1.165, 1.54) is 6.07 Å². The van der Waals surface area contributed by atoms with Crippen LogP contribution < -0.4 is 21.3 Å². The maximum atomic E-state index is 13.9. The second-order valence-corrected chi connectivity index (χ2v) is 7.07. The first-order valence-electron chi connectivity index (χ1n) is 9.24. The molecule has 28 heavy (non-hydrogen) atoms. The molecule has 0 amide bonds. The van der Waals surface area contributed by atoms with Gasteiger partial charge in [0.1, 0.15) is 11.3 Å². The molecule has 4 rings (SSSR count). The molecule has 6 heteroatoms. The number of fused-ring (bicyclic) bond motifs is 2. The van der Waals surface area contributed by atoms with Crippen LogP contribution in [0.4, 0.5) is 21.6 Å². The fraction of sp³-hybridized carbons (Fsp3) is 0.227. The summed E-state index contributed by atoms with van der Waals surface area (Å²) >= 11 is 0. The average Bonchev–Trinajstić information content (AvgIpc) is 2.65. The minimum absolute atomic E-state index is 0.196. The van der Waals surface area contributed by atoms with Crippen molar-refractivity contribution in [1.82, 2.24) is 9.97 Å². The zero-order chi connectivity index (χ0) is 19.8. The van der Waals surface area contributed by atoms with Gasteiger partial charge in [0.15, 0.2) is 11.2 Å². The minimum atomic E-state index is -0.307. The predicted octanol–water partition coefficient (Wildman–Crippen LogP) is 2.97. The molecule has 0 spiro atoms. The fourth-order valence-electron chi connectivity index (χ4n) is 3.47. The van der Waals surface area contributed by atoms with Crippen molar-refractivity contribution in [3.8, 4) is 0 Å². The summed E-state index contributed by atoms with van der Waals surface area (Å²) in [4.78, 5) is 26.0. The van der Waals surface area contributed by atoms with Crippen molar-refractivity contribution >= 4 is 23.8 Å². The van der Waals surface area contributed by atoms with Crippen LogP contribution >= 0.6 is 0 Å². The molecular formula is C22H21FN4O. The molecule has 1 aliphatic heterocycles. The van der Waals surface area contributed by atoms with E-state index in [1.54, 1.807) is 12.1 Å². The number of hydrogen-bond acceptors (Lipinski definition) is 4. The fourth-order valence-corrected chi connectivity index (χ4v) is 3.47. The molecule has 5 nitrogen and oxygen atoms in total. The Labute approximate surface area is 161 Å². The van der Waals surface area contributed by atoms with E-state index < -0.39 is 0 Å². The van der Waals surface area contributed by atoms with E-state index >= 15 is 0 Å². The van der Waals surface area contributed by atoms with Gasteiger partial charge in [-0.25, -0.2) is 14.4 Å². The number of nitrogens with zero attached hydrogens (tertiary/aromatic N) is 3. The second kappa shape index (κ2) is 7.03. The molecule has 142 valence electrons. The lowest BCUT2D eigenvalue weighted by molar-refractivity contribution is 0.604. The van der Waals surface area contributed by atoms with E-state index in [0.717, 1.165) is 22.5 Å². The van der Waals surface area contributed by atoms with E-state index in [4.69, 9.17) is 0 Å². The Morgan fingerprint density at radius 3 is 2.71 bits per heavy atom. The summed E-state index contributed by atoms with van der Waals surface area (Å²) in [5.74, 6) is 0.302. The Hall–Kier alpha value is -3.28. The molecule has 3 aromatic rings. The van der Waals surface area contributed by atoms with Crippen LogP contribution in [0.5, 0.6) is 0 Å². The van der Waals surface area contributed by atoms with Gasteiger partial charge in [0.25, 0.3) is 5.56 Å². The molecular weight excluding hydrogens is 355 g/mol. The highest BCUT2D eigenvalue weighted by molar-refractivity contribution is 5.77. The number of aromatic amines is 1. The third-order valence-corrected chi connectivity index (χ3v) is 5.08. The number of aromatic nitrogens is 2. The molecule has 1 N–H and O–H groups in total. The zero-order valence-corrected chi connectivity index (χ0v) is 15.9. The van der Waals surface area contributed by atoms with Gasteiger partial charge < -0.3 is 9.88 Å². The largest absolute Gasteiger partial charge is 0.322 e. The topological polar surface area (TPSA) is 61.4 Å². The van der Waals surface area contributed by atoms with Gasteiger partial charge in [-0.3, -0.25) is 4.79 Å². The van der Waals surface area contributed by atoms with E-state index in [-0.39, 0.29) is 16.7 Å². The van der Waals surface area contributed by atoms with Crippen LogP contribution in [0.25, 0.3) is 6.58 Å². The number of halogens is 1. The first kappa shape index (κ1) is 18.1. The van der Waals surface area contributed by atoms with Crippen LogP contribution in [0.3, 0.4) is 0 Å². The number of hydrogen-bond donors (Lipinski definition) is 1. The lowest BCUT2D eigenvalue weighted by Crippen LogP contribution is -2.42. The van der Waals surface area contributed by atoms with Gasteiger partial charge in [0.2, 0.25) is 0 Å². The Balaban J connectivity index is 1.75. The first-order valence-corrected chi connectivity index (χ1v) is 9.24. The molecule has 0 aliphatic carbocycles. The smallest absolute Gasteiger partial charge is 0.279 e. The van der Waals surface area contributed by atoms with Crippen molar-refractivity contribution in [3.05, 3.63) is 80.1 Å². The van der Waals surface area contributed by atoms with E-state index in [0.29, 0.717) is 36.2 Å². The molecule has 0 atom stereocenters. The van der Waals surface area contributed by atoms with E-state index in [9.17, 15) is 9.18 Å². The third kappa shape index (κ3) is 3.22. The van der Waals surface area contributed by atoms with Gasteiger partial charge in [-0.05, 0) is 61.6 Å².